The van der Waals surface area contributed by atoms with Crippen LogP contribution >= 0.6 is 11.6 Å². The number of anilines is 1. The van der Waals surface area contributed by atoms with Gasteiger partial charge in [-0.3, -0.25) is 14.9 Å². The van der Waals surface area contributed by atoms with Gasteiger partial charge in [0.1, 0.15) is 22.6 Å². The van der Waals surface area contributed by atoms with Gasteiger partial charge in [-0.25, -0.2) is 4.79 Å². The zero-order valence-corrected chi connectivity index (χ0v) is 28.1. The Morgan fingerprint density at radius 1 is 1.27 bits per heavy atom. The standard InChI is InChI=1S/C27H35ClN2O6.C5H10O2.CH4O/c1-16-8-6-7-10-27(33)15-21(35-25(32)29-27)17(2)24-26(3,36-24)11-9-22(31)30(4)19-13-18(12-16)14-20(34-5)23(19)28;1-2-3-4-5(6)7;1-2/h6-8,13-14,17,21,24,33H,9-12,15H2,1-5H3,(H,29,32);2-4H2,1H3,(H,6,7);2H,1H3/b7-6+,16-8+;;/t17-,21?,24?,26+,27-;;/m1../s1. The number of alkyl carbamates (subject to hydrolysis) is 1. The number of hydrogen-bond donors (Lipinski definition) is 4. The fourth-order valence-corrected chi connectivity index (χ4v) is 5.83. The molecule has 4 rings (SSSR count). The van der Waals surface area contributed by atoms with E-state index in [1.807, 2.05) is 58.1 Å². The number of halogens is 1. The van der Waals surface area contributed by atoms with Crippen LogP contribution in [0.3, 0.4) is 0 Å². The van der Waals surface area contributed by atoms with Gasteiger partial charge in [-0.1, -0.05) is 55.7 Å². The summed E-state index contributed by atoms with van der Waals surface area (Å²) >= 11 is 6.59. The summed E-state index contributed by atoms with van der Waals surface area (Å²) in [5, 5.41) is 29.1. The molecule has 3 aliphatic heterocycles. The van der Waals surface area contributed by atoms with Crippen molar-refractivity contribution in [1.29, 1.82) is 0 Å². The molecule has 12 heteroatoms. The minimum atomic E-state index is -1.40. The number of nitrogens with one attached hydrogen (secondary N) is 1. The molecule has 11 nitrogen and oxygen atoms in total. The number of aliphatic hydroxyl groups is 2. The Hall–Kier alpha value is -3.12. The Kier molecular flexibility index (Phi) is 14.4. The molecular formula is C33H49ClN2O9. The van der Waals surface area contributed by atoms with Gasteiger partial charge in [0.15, 0.2) is 0 Å². The number of aliphatic carboxylic acids is 1. The lowest BCUT2D eigenvalue weighted by molar-refractivity contribution is -0.137. The van der Waals surface area contributed by atoms with Gasteiger partial charge in [-0.2, -0.15) is 0 Å². The zero-order chi connectivity index (χ0) is 33.9. The molecule has 4 bridgehead atoms. The van der Waals surface area contributed by atoms with Crippen molar-refractivity contribution in [1.82, 2.24) is 5.32 Å². The largest absolute Gasteiger partial charge is 0.495 e. The number of aliphatic hydroxyl groups excluding tert-OH is 1. The summed E-state index contributed by atoms with van der Waals surface area (Å²) in [6.45, 7) is 7.89. The summed E-state index contributed by atoms with van der Waals surface area (Å²) in [6, 6.07) is 3.79. The van der Waals surface area contributed by atoms with Crippen LogP contribution in [-0.4, -0.2) is 78.1 Å². The second-order valence-electron chi connectivity index (χ2n) is 11.9. The van der Waals surface area contributed by atoms with Crippen molar-refractivity contribution < 1.29 is 43.9 Å². The van der Waals surface area contributed by atoms with Gasteiger partial charge in [-0.05, 0) is 50.8 Å². The second kappa shape index (κ2) is 17.0. The average molecular weight is 653 g/mol. The molecule has 0 aliphatic carbocycles. The predicted octanol–water partition coefficient (Wildman–Crippen LogP) is 5.39. The lowest BCUT2D eigenvalue weighted by Crippen LogP contribution is -2.57. The van der Waals surface area contributed by atoms with Crippen LogP contribution in [0.25, 0.3) is 0 Å². The first-order chi connectivity index (χ1) is 21.2. The molecule has 0 radical (unpaired) electrons. The minimum Gasteiger partial charge on any atom is -0.495 e. The Labute approximate surface area is 271 Å². The number of carboxylic acid groups (broad SMARTS) is 1. The van der Waals surface area contributed by atoms with Crippen molar-refractivity contribution in [2.75, 3.05) is 26.2 Å². The van der Waals surface area contributed by atoms with Crippen LogP contribution in [0.2, 0.25) is 5.02 Å². The Morgan fingerprint density at radius 2 is 1.96 bits per heavy atom. The number of benzene rings is 1. The summed E-state index contributed by atoms with van der Waals surface area (Å²) in [4.78, 5) is 36.7. The number of nitrogens with zero attached hydrogens (tertiary/aromatic N) is 1. The number of carboxylic acids is 1. The molecule has 2 amide bonds. The molecule has 252 valence electrons. The first kappa shape index (κ1) is 38.1. The summed E-state index contributed by atoms with van der Waals surface area (Å²) in [5.41, 5.74) is 0.692. The number of allylic oxidation sites excluding steroid dienone is 3. The maximum atomic E-state index is 13.2. The summed E-state index contributed by atoms with van der Waals surface area (Å²) in [7, 11) is 4.27. The Morgan fingerprint density at radius 3 is 2.56 bits per heavy atom. The molecule has 0 spiro atoms. The highest BCUT2D eigenvalue weighted by molar-refractivity contribution is 6.35. The lowest BCUT2D eigenvalue weighted by atomic mass is 9.85. The van der Waals surface area contributed by atoms with Crippen LogP contribution in [0.15, 0.2) is 35.9 Å². The molecule has 4 N–H and O–H groups in total. The van der Waals surface area contributed by atoms with Gasteiger partial charge in [0.2, 0.25) is 5.91 Å². The highest BCUT2D eigenvalue weighted by Gasteiger charge is 2.58. The molecule has 0 saturated carbocycles. The van der Waals surface area contributed by atoms with Crippen molar-refractivity contribution in [3.63, 3.8) is 0 Å². The topological polar surface area (TPSA) is 158 Å². The fraction of sp³-hybridized carbons (Fsp3) is 0.606. The van der Waals surface area contributed by atoms with Crippen LogP contribution in [0, 0.1) is 5.92 Å². The van der Waals surface area contributed by atoms with Crippen LogP contribution in [-0.2, 0) is 25.5 Å². The molecule has 3 aliphatic rings. The van der Waals surface area contributed by atoms with Crippen molar-refractivity contribution in [3.8, 4) is 5.75 Å². The first-order valence-electron chi connectivity index (χ1n) is 15.2. The number of fused-ring (bicyclic) bond motifs is 5. The zero-order valence-electron chi connectivity index (χ0n) is 27.4. The monoisotopic (exact) mass is 652 g/mol. The van der Waals surface area contributed by atoms with Gasteiger partial charge in [0.25, 0.3) is 0 Å². The minimum absolute atomic E-state index is 0.0879. The third kappa shape index (κ3) is 10.7. The number of epoxide rings is 1. The number of methoxy groups -OCH3 is 1. The molecule has 3 heterocycles. The summed E-state index contributed by atoms with van der Waals surface area (Å²) < 4.78 is 17.0. The number of carbonyl (C=O) groups excluding carboxylic acids is 2. The summed E-state index contributed by atoms with van der Waals surface area (Å²) in [6.07, 6.45) is 8.28. The van der Waals surface area contributed by atoms with Gasteiger partial charge in [0, 0.05) is 45.8 Å². The van der Waals surface area contributed by atoms with Crippen molar-refractivity contribution in [3.05, 3.63) is 46.5 Å². The van der Waals surface area contributed by atoms with Crippen LogP contribution in [0.4, 0.5) is 10.5 Å². The number of amides is 2. The molecule has 1 aromatic carbocycles. The van der Waals surface area contributed by atoms with E-state index in [2.05, 4.69) is 5.32 Å². The average Bonchev–Trinajstić information content (AvgIpc) is 3.68. The molecule has 0 aromatic heterocycles. The maximum absolute atomic E-state index is 13.2. The molecule has 2 unspecified atom stereocenters. The van der Waals surface area contributed by atoms with Gasteiger partial charge < -0.3 is 34.4 Å². The fourth-order valence-electron chi connectivity index (χ4n) is 5.52. The summed E-state index contributed by atoms with van der Waals surface area (Å²) in [5.74, 6) is -0.421. The van der Waals surface area contributed by atoms with E-state index in [0.29, 0.717) is 35.7 Å². The van der Waals surface area contributed by atoms with Crippen molar-refractivity contribution >= 4 is 35.3 Å². The number of hydrogen-bond acceptors (Lipinski definition) is 8. The smallest absolute Gasteiger partial charge is 0.409 e. The van der Waals surface area contributed by atoms with E-state index >= 15 is 0 Å². The molecule has 5 atom stereocenters. The molecule has 1 aromatic rings. The van der Waals surface area contributed by atoms with E-state index in [-0.39, 0.29) is 37.2 Å². The lowest BCUT2D eigenvalue weighted by Gasteiger charge is -2.38. The van der Waals surface area contributed by atoms with Crippen LogP contribution in [0.1, 0.15) is 78.2 Å². The van der Waals surface area contributed by atoms with Gasteiger partial charge in [0.05, 0.1) is 24.5 Å². The van der Waals surface area contributed by atoms with Crippen LogP contribution < -0.4 is 15.0 Å². The van der Waals surface area contributed by atoms with E-state index < -0.39 is 29.5 Å². The highest BCUT2D eigenvalue weighted by Crippen LogP contribution is 2.47. The van der Waals surface area contributed by atoms with E-state index in [9.17, 15) is 19.5 Å². The number of carbonyl (C=O) groups is 3. The maximum Gasteiger partial charge on any atom is 0.409 e. The third-order valence-electron chi connectivity index (χ3n) is 8.21. The Bertz CT molecular complexity index is 1250. The van der Waals surface area contributed by atoms with Crippen molar-refractivity contribution in [2.24, 2.45) is 5.92 Å². The SMILES string of the molecule is CCCCC(=O)O.CO.COc1cc2cc(c1Cl)N(C)C(=O)CC[C@]1(C)OC1[C@H](C)C1C[C@](O)(C/C=C/C=C(\C)C2)NC(=O)O1. The number of ether oxygens (including phenoxy) is 3. The molecule has 2 saturated heterocycles. The predicted molar refractivity (Wildman–Crippen MR) is 173 cm³/mol. The molecular weight excluding hydrogens is 604 g/mol. The third-order valence-corrected chi connectivity index (χ3v) is 8.59. The van der Waals surface area contributed by atoms with E-state index in [0.717, 1.165) is 31.1 Å². The quantitative estimate of drug-likeness (QED) is 0.313. The number of rotatable bonds is 4. The van der Waals surface area contributed by atoms with Gasteiger partial charge >= 0.3 is 12.1 Å². The van der Waals surface area contributed by atoms with Gasteiger partial charge in [-0.15, -0.1) is 0 Å². The molecule has 2 fully saturated rings. The Balaban J connectivity index is 0.000000692. The van der Waals surface area contributed by atoms with Crippen LogP contribution in [0.5, 0.6) is 5.75 Å². The highest BCUT2D eigenvalue weighted by atomic mass is 35.5. The molecule has 45 heavy (non-hydrogen) atoms. The van der Waals surface area contributed by atoms with E-state index in [1.54, 1.807) is 19.1 Å². The normalized spacial score (nSPS) is 30.0. The van der Waals surface area contributed by atoms with E-state index in [1.165, 1.54) is 0 Å². The van der Waals surface area contributed by atoms with Crippen molar-refractivity contribution in [2.45, 2.75) is 103 Å². The second-order valence-corrected chi connectivity index (χ2v) is 12.3. The van der Waals surface area contributed by atoms with E-state index in [4.69, 9.17) is 36.0 Å². The first-order valence-corrected chi connectivity index (χ1v) is 15.6. The number of unbranched alkanes of at least 4 members (excludes halogenated alkanes) is 1.